The number of aryl methyl sites for hydroxylation is 1. The maximum Gasteiger partial charge on any atom is 0.253 e. The molecule has 1 heterocycles. The summed E-state index contributed by atoms with van der Waals surface area (Å²) in [5, 5.41) is 9.94. The zero-order chi connectivity index (χ0) is 13.3. The van der Waals surface area contributed by atoms with Crippen molar-refractivity contribution in [1.82, 2.24) is 9.55 Å². The summed E-state index contributed by atoms with van der Waals surface area (Å²) < 4.78 is 1.41. The number of phenols is 1. The second kappa shape index (κ2) is 4.64. The summed E-state index contributed by atoms with van der Waals surface area (Å²) in [5.74, 6) is 0.501. The number of hydrogen-bond acceptors (Lipinski definition) is 3. The van der Waals surface area contributed by atoms with E-state index in [0.29, 0.717) is 5.69 Å². The average Bonchev–Trinajstić information content (AvgIpc) is 2.32. The molecule has 1 aromatic heterocycles. The van der Waals surface area contributed by atoms with Gasteiger partial charge >= 0.3 is 0 Å². The first-order valence-corrected chi connectivity index (χ1v) is 5.85. The second-order valence-corrected chi connectivity index (χ2v) is 4.65. The number of hydrogen-bond donors (Lipinski definition) is 1. The van der Waals surface area contributed by atoms with E-state index in [0.717, 1.165) is 11.1 Å². The second-order valence-electron chi connectivity index (χ2n) is 4.65. The Morgan fingerprint density at radius 1 is 1.28 bits per heavy atom. The third kappa shape index (κ3) is 2.27. The van der Waals surface area contributed by atoms with Crippen LogP contribution < -0.4 is 5.56 Å². The molecule has 1 N–H and O–H groups in total. The first kappa shape index (κ1) is 12.4. The van der Waals surface area contributed by atoms with Gasteiger partial charge in [0.2, 0.25) is 0 Å². The monoisotopic (exact) mass is 244 g/mol. The molecule has 0 aliphatic rings. The Labute approximate surface area is 106 Å². The van der Waals surface area contributed by atoms with Crippen LogP contribution in [0.25, 0.3) is 11.3 Å². The molecular formula is C14H16N2O2. The standard InChI is InChI=1S/C14H16N2O2/c1-9(2)11-5-4-10(6-13(11)17)12-7-14(18)16(3)8-15-12/h4-9,17H,1-3H3. The summed E-state index contributed by atoms with van der Waals surface area (Å²) in [5.41, 5.74) is 2.09. The van der Waals surface area contributed by atoms with E-state index >= 15 is 0 Å². The van der Waals surface area contributed by atoms with E-state index < -0.39 is 0 Å². The van der Waals surface area contributed by atoms with Crippen molar-refractivity contribution >= 4 is 0 Å². The van der Waals surface area contributed by atoms with E-state index in [-0.39, 0.29) is 17.2 Å². The van der Waals surface area contributed by atoms with Gasteiger partial charge in [0.25, 0.3) is 5.56 Å². The molecule has 4 nitrogen and oxygen atoms in total. The van der Waals surface area contributed by atoms with Crippen LogP contribution in [-0.4, -0.2) is 14.7 Å². The highest BCUT2D eigenvalue weighted by atomic mass is 16.3. The van der Waals surface area contributed by atoms with Crippen molar-refractivity contribution in [3.05, 3.63) is 46.5 Å². The van der Waals surface area contributed by atoms with Crippen molar-refractivity contribution < 1.29 is 5.11 Å². The quantitative estimate of drug-likeness (QED) is 0.881. The molecule has 94 valence electrons. The van der Waals surface area contributed by atoms with E-state index in [4.69, 9.17) is 0 Å². The fraction of sp³-hybridized carbons (Fsp3) is 0.286. The van der Waals surface area contributed by atoms with Crippen molar-refractivity contribution in [1.29, 1.82) is 0 Å². The lowest BCUT2D eigenvalue weighted by atomic mass is 9.99. The molecule has 18 heavy (non-hydrogen) atoms. The molecule has 1 aromatic carbocycles. The number of rotatable bonds is 2. The van der Waals surface area contributed by atoms with Crippen molar-refractivity contribution in [3.8, 4) is 17.0 Å². The number of phenolic OH excluding ortho intramolecular Hbond substituents is 1. The summed E-state index contributed by atoms with van der Waals surface area (Å²) in [6.07, 6.45) is 1.48. The smallest absolute Gasteiger partial charge is 0.253 e. The lowest BCUT2D eigenvalue weighted by Crippen LogP contribution is -2.15. The zero-order valence-corrected chi connectivity index (χ0v) is 10.7. The Morgan fingerprint density at radius 3 is 2.56 bits per heavy atom. The molecule has 0 amide bonds. The lowest BCUT2D eigenvalue weighted by Gasteiger charge is -2.10. The van der Waals surface area contributed by atoms with E-state index in [9.17, 15) is 9.90 Å². The largest absolute Gasteiger partial charge is 0.508 e. The predicted octanol–water partition coefficient (Wildman–Crippen LogP) is 2.28. The normalized spacial score (nSPS) is 10.9. The average molecular weight is 244 g/mol. The number of nitrogens with zero attached hydrogens (tertiary/aromatic N) is 2. The van der Waals surface area contributed by atoms with Gasteiger partial charge in [-0.1, -0.05) is 26.0 Å². The molecule has 0 aliphatic carbocycles. The Balaban J connectivity index is 2.49. The summed E-state index contributed by atoms with van der Waals surface area (Å²) in [6.45, 7) is 4.04. The van der Waals surface area contributed by atoms with Crippen LogP contribution in [0.15, 0.2) is 35.4 Å². The fourth-order valence-electron chi connectivity index (χ4n) is 1.81. The number of benzene rings is 1. The minimum Gasteiger partial charge on any atom is -0.508 e. The lowest BCUT2D eigenvalue weighted by molar-refractivity contribution is 0.465. The summed E-state index contributed by atoms with van der Waals surface area (Å²) in [6, 6.07) is 6.85. The molecule has 0 fully saturated rings. The van der Waals surface area contributed by atoms with Crippen molar-refractivity contribution in [2.75, 3.05) is 0 Å². The molecule has 0 bridgehead atoms. The molecule has 4 heteroatoms. The van der Waals surface area contributed by atoms with Crippen LogP contribution in [0, 0.1) is 0 Å². The van der Waals surface area contributed by atoms with Crippen LogP contribution in [-0.2, 0) is 7.05 Å². The van der Waals surface area contributed by atoms with Gasteiger partial charge in [0, 0.05) is 18.7 Å². The first-order valence-electron chi connectivity index (χ1n) is 5.85. The molecule has 2 aromatic rings. The van der Waals surface area contributed by atoms with Crippen LogP contribution >= 0.6 is 0 Å². The van der Waals surface area contributed by atoms with Crippen LogP contribution in [0.4, 0.5) is 0 Å². The topological polar surface area (TPSA) is 55.1 Å². The van der Waals surface area contributed by atoms with E-state index in [1.165, 1.54) is 17.0 Å². The summed E-state index contributed by atoms with van der Waals surface area (Å²) >= 11 is 0. The fourth-order valence-corrected chi connectivity index (χ4v) is 1.81. The van der Waals surface area contributed by atoms with Gasteiger partial charge in [0.15, 0.2) is 0 Å². The molecule has 0 atom stereocenters. The van der Waals surface area contributed by atoms with Crippen LogP contribution in [0.3, 0.4) is 0 Å². The molecular weight excluding hydrogens is 228 g/mol. The van der Waals surface area contributed by atoms with Crippen LogP contribution in [0.2, 0.25) is 0 Å². The van der Waals surface area contributed by atoms with Gasteiger partial charge in [-0.25, -0.2) is 4.98 Å². The number of aromatic nitrogens is 2. The number of aromatic hydroxyl groups is 1. The zero-order valence-electron chi connectivity index (χ0n) is 10.7. The minimum atomic E-state index is -0.118. The van der Waals surface area contributed by atoms with E-state index in [1.54, 1.807) is 13.1 Å². The first-order chi connectivity index (χ1) is 8.49. The van der Waals surface area contributed by atoms with Crippen molar-refractivity contribution in [3.63, 3.8) is 0 Å². The molecule has 0 saturated heterocycles. The maximum atomic E-state index is 11.5. The molecule has 0 aliphatic heterocycles. The molecule has 0 saturated carbocycles. The predicted molar refractivity (Wildman–Crippen MR) is 70.7 cm³/mol. The molecule has 0 unspecified atom stereocenters. The molecule has 0 spiro atoms. The SMILES string of the molecule is CC(C)c1ccc(-c2cc(=O)n(C)cn2)cc1O. The third-order valence-corrected chi connectivity index (χ3v) is 2.93. The van der Waals surface area contributed by atoms with Gasteiger partial charge in [-0.2, -0.15) is 0 Å². The van der Waals surface area contributed by atoms with Gasteiger partial charge in [0.1, 0.15) is 5.75 Å². The van der Waals surface area contributed by atoms with E-state index in [2.05, 4.69) is 4.98 Å². The van der Waals surface area contributed by atoms with Crippen LogP contribution in [0.5, 0.6) is 5.75 Å². The van der Waals surface area contributed by atoms with Gasteiger partial charge < -0.3 is 9.67 Å². The van der Waals surface area contributed by atoms with Gasteiger partial charge in [-0.05, 0) is 17.5 Å². The molecule has 2 rings (SSSR count). The van der Waals surface area contributed by atoms with Gasteiger partial charge in [-0.15, -0.1) is 0 Å². The Hall–Kier alpha value is -2.10. The maximum absolute atomic E-state index is 11.5. The highest BCUT2D eigenvalue weighted by molar-refractivity contribution is 5.62. The minimum absolute atomic E-state index is 0.118. The van der Waals surface area contributed by atoms with Gasteiger partial charge in [0.05, 0.1) is 12.0 Å². The third-order valence-electron chi connectivity index (χ3n) is 2.93. The van der Waals surface area contributed by atoms with Crippen molar-refractivity contribution in [2.45, 2.75) is 19.8 Å². The van der Waals surface area contributed by atoms with Crippen molar-refractivity contribution in [2.24, 2.45) is 7.05 Å². The highest BCUT2D eigenvalue weighted by Gasteiger charge is 2.08. The Bertz CT molecular complexity index is 630. The van der Waals surface area contributed by atoms with E-state index in [1.807, 2.05) is 26.0 Å². The summed E-state index contributed by atoms with van der Waals surface area (Å²) in [7, 11) is 1.65. The van der Waals surface area contributed by atoms with Crippen LogP contribution in [0.1, 0.15) is 25.3 Å². The highest BCUT2D eigenvalue weighted by Crippen LogP contribution is 2.29. The summed E-state index contributed by atoms with van der Waals surface area (Å²) in [4.78, 5) is 15.7. The molecule has 0 radical (unpaired) electrons. The van der Waals surface area contributed by atoms with Gasteiger partial charge in [-0.3, -0.25) is 4.79 Å². The Morgan fingerprint density at radius 2 is 2.00 bits per heavy atom. The Kier molecular flexibility index (Phi) is 3.19.